The lowest BCUT2D eigenvalue weighted by molar-refractivity contribution is -0.141. The van der Waals surface area contributed by atoms with Gasteiger partial charge in [-0.15, -0.1) is 0 Å². The van der Waals surface area contributed by atoms with Gasteiger partial charge in [0.1, 0.15) is 0 Å². The Labute approximate surface area is 214 Å². The van der Waals surface area contributed by atoms with Crippen molar-refractivity contribution >= 4 is 11.9 Å². The fourth-order valence-corrected chi connectivity index (χ4v) is 5.49. The van der Waals surface area contributed by atoms with Crippen molar-refractivity contribution in [1.82, 2.24) is 10.6 Å². The number of hydrogen-bond donors (Lipinski definition) is 4. The Hall–Kier alpha value is -3.70. The second kappa shape index (κ2) is 10.3. The molecule has 2 aromatic rings. The molecule has 4 unspecified atom stereocenters. The molecular weight excluding hydrogens is 482 g/mol. The van der Waals surface area contributed by atoms with E-state index < -0.39 is 17.9 Å². The standard InChI is InChI=1S/C26H31N3O8/c1-33-19-6-13(7-20(34-2)25(19)31)22-14-8-17-18(37-12-36-17)9-15(14)24(16-11-35-26(32)23(16)22)29-21(30)10-28-5-3-4-27/h6-9,16,22-24,28,31H,3-5,10-12,27H2,1-2H3,(H,29,30). The molecule has 5 N–H and O–H groups in total. The summed E-state index contributed by atoms with van der Waals surface area (Å²) in [4.78, 5) is 26.1. The molecule has 1 saturated heterocycles. The number of carbonyl (C=O) groups excluding carboxylic acids is 2. The van der Waals surface area contributed by atoms with Crippen LogP contribution in [0, 0.1) is 11.8 Å². The van der Waals surface area contributed by atoms with Gasteiger partial charge >= 0.3 is 5.97 Å². The van der Waals surface area contributed by atoms with Crippen LogP contribution in [0.2, 0.25) is 0 Å². The van der Waals surface area contributed by atoms with E-state index in [0.29, 0.717) is 30.2 Å². The highest BCUT2D eigenvalue weighted by atomic mass is 16.7. The first kappa shape index (κ1) is 25.0. The Morgan fingerprint density at radius 1 is 1.08 bits per heavy atom. The molecule has 3 aliphatic rings. The molecule has 1 aliphatic carbocycles. The van der Waals surface area contributed by atoms with Crippen LogP contribution in [0.5, 0.6) is 28.7 Å². The first-order valence-corrected chi connectivity index (χ1v) is 12.2. The minimum atomic E-state index is -0.595. The Kier molecular flexibility index (Phi) is 6.98. The van der Waals surface area contributed by atoms with Gasteiger partial charge in [0.25, 0.3) is 0 Å². The minimum Gasteiger partial charge on any atom is -0.502 e. The summed E-state index contributed by atoms with van der Waals surface area (Å²) in [6, 6.07) is 6.63. The number of amides is 1. The number of phenols is 1. The van der Waals surface area contributed by atoms with Crippen molar-refractivity contribution in [2.45, 2.75) is 18.4 Å². The molecule has 37 heavy (non-hydrogen) atoms. The maximum Gasteiger partial charge on any atom is 0.310 e. The topological polar surface area (TPSA) is 151 Å². The summed E-state index contributed by atoms with van der Waals surface area (Å²) in [5.41, 5.74) is 7.84. The van der Waals surface area contributed by atoms with Crippen molar-refractivity contribution < 1.29 is 38.4 Å². The number of cyclic esters (lactones) is 1. The highest BCUT2D eigenvalue weighted by Gasteiger charge is 2.53. The predicted molar refractivity (Wildman–Crippen MR) is 131 cm³/mol. The molecule has 0 saturated carbocycles. The van der Waals surface area contributed by atoms with Crippen LogP contribution in [0.3, 0.4) is 0 Å². The Bertz CT molecular complexity index is 1180. The molecule has 11 heteroatoms. The van der Waals surface area contributed by atoms with Crippen LogP contribution in [0.15, 0.2) is 24.3 Å². The quantitative estimate of drug-likeness (QED) is 0.284. The first-order valence-electron chi connectivity index (χ1n) is 12.2. The summed E-state index contributed by atoms with van der Waals surface area (Å²) in [6.07, 6.45) is 0.761. The van der Waals surface area contributed by atoms with E-state index in [1.54, 1.807) is 12.1 Å². The van der Waals surface area contributed by atoms with Gasteiger partial charge in [0.05, 0.1) is 39.3 Å². The number of hydrogen-bond acceptors (Lipinski definition) is 10. The lowest BCUT2D eigenvalue weighted by atomic mass is 9.65. The van der Waals surface area contributed by atoms with Crippen molar-refractivity contribution in [3.8, 4) is 28.7 Å². The van der Waals surface area contributed by atoms with Crippen molar-refractivity contribution in [3.63, 3.8) is 0 Å². The zero-order chi connectivity index (χ0) is 26.1. The summed E-state index contributed by atoms with van der Waals surface area (Å²) in [5, 5.41) is 16.7. The largest absolute Gasteiger partial charge is 0.502 e. The second-order valence-electron chi connectivity index (χ2n) is 9.27. The normalized spacial score (nSPS) is 23.2. The van der Waals surface area contributed by atoms with E-state index in [0.717, 1.165) is 17.5 Å². The number of carbonyl (C=O) groups is 2. The Balaban J connectivity index is 1.60. The molecule has 2 heterocycles. The SMILES string of the molecule is COc1cc(C2c3cc4c(cc3C(NC(=O)CNCCCN)C3COC(=O)C23)OCO4)cc(OC)c1O. The highest BCUT2D eigenvalue weighted by molar-refractivity contribution is 5.81. The van der Waals surface area contributed by atoms with Gasteiger partial charge in [-0.3, -0.25) is 9.59 Å². The summed E-state index contributed by atoms with van der Waals surface area (Å²) in [6.45, 7) is 1.53. The highest BCUT2D eigenvalue weighted by Crippen LogP contribution is 2.55. The molecule has 0 radical (unpaired) electrons. The van der Waals surface area contributed by atoms with Gasteiger partial charge in [-0.05, 0) is 60.5 Å². The van der Waals surface area contributed by atoms with Crippen molar-refractivity contribution in [2.75, 3.05) is 47.3 Å². The molecule has 2 aliphatic heterocycles. The van der Waals surface area contributed by atoms with Crippen LogP contribution in [0.25, 0.3) is 0 Å². The zero-order valence-electron chi connectivity index (χ0n) is 20.7. The number of ether oxygens (including phenoxy) is 5. The molecule has 11 nitrogen and oxygen atoms in total. The summed E-state index contributed by atoms with van der Waals surface area (Å²) >= 11 is 0. The lowest BCUT2D eigenvalue weighted by Crippen LogP contribution is -2.45. The predicted octanol–water partition coefficient (Wildman–Crippen LogP) is 1.17. The van der Waals surface area contributed by atoms with Gasteiger partial charge in [0.2, 0.25) is 18.4 Å². The minimum absolute atomic E-state index is 0.0841. The maximum absolute atomic E-state index is 13.2. The smallest absolute Gasteiger partial charge is 0.310 e. The third kappa shape index (κ3) is 4.49. The molecule has 4 atom stereocenters. The van der Waals surface area contributed by atoms with E-state index >= 15 is 0 Å². The molecular formula is C26H31N3O8. The van der Waals surface area contributed by atoms with Crippen LogP contribution < -0.4 is 35.3 Å². The Morgan fingerprint density at radius 2 is 1.76 bits per heavy atom. The van der Waals surface area contributed by atoms with E-state index in [-0.39, 0.29) is 55.0 Å². The van der Waals surface area contributed by atoms with Gasteiger partial charge in [-0.1, -0.05) is 0 Å². The van der Waals surface area contributed by atoms with E-state index in [4.69, 9.17) is 29.4 Å². The van der Waals surface area contributed by atoms with E-state index in [9.17, 15) is 14.7 Å². The van der Waals surface area contributed by atoms with Crippen molar-refractivity contribution in [2.24, 2.45) is 17.6 Å². The number of esters is 1. The van der Waals surface area contributed by atoms with E-state index in [1.807, 2.05) is 12.1 Å². The molecule has 0 aromatic heterocycles. The number of rotatable bonds is 9. The van der Waals surface area contributed by atoms with E-state index in [1.165, 1.54) is 14.2 Å². The molecule has 1 fully saturated rings. The first-order chi connectivity index (χ1) is 18.0. The summed E-state index contributed by atoms with van der Waals surface area (Å²) < 4.78 is 27.6. The number of phenolic OH excluding ortho intramolecular Hbond substituents is 1. The molecule has 0 spiro atoms. The molecule has 5 rings (SSSR count). The lowest BCUT2D eigenvalue weighted by Gasteiger charge is -2.39. The number of nitrogens with two attached hydrogens (primary N) is 1. The fraction of sp³-hybridized carbons (Fsp3) is 0.462. The maximum atomic E-state index is 13.2. The van der Waals surface area contributed by atoms with Gasteiger partial charge in [-0.25, -0.2) is 0 Å². The molecule has 198 valence electrons. The number of aromatic hydroxyl groups is 1. The number of fused-ring (bicyclic) bond motifs is 3. The number of benzene rings is 2. The van der Waals surface area contributed by atoms with E-state index in [2.05, 4.69) is 10.6 Å². The third-order valence-electron chi connectivity index (χ3n) is 7.21. The fourth-order valence-electron chi connectivity index (χ4n) is 5.49. The average molecular weight is 514 g/mol. The van der Waals surface area contributed by atoms with Gasteiger partial charge in [-0.2, -0.15) is 0 Å². The van der Waals surface area contributed by atoms with Crippen LogP contribution >= 0.6 is 0 Å². The van der Waals surface area contributed by atoms with Crippen molar-refractivity contribution in [1.29, 1.82) is 0 Å². The number of nitrogens with one attached hydrogen (secondary N) is 2. The monoisotopic (exact) mass is 513 g/mol. The number of methoxy groups -OCH3 is 2. The van der Waals surface area contributed by atoms with Crippen LogP contribution in [-0.2, 0) is 14.3 Å². The second-order valence-corrected chi connectivity index (χ2v) is 9.27. The van der Waals surface area contributed by atoms with Crippen LogP contribution in [0.4, 0.5) is 0 Å². The molecule has 0 bridgehead atoms. The van der Waals surface area contributed by atoms with Gasteiger partial charge in [0.15, 0.2) is 23.0 Å². The Morgan fingerprint density at radius 3 is 2.41 bits per heavy atom. The van der Waals surface area contributed by atoms with Crippen LogP contribution in [0.1, 0.15) is 35.1 Å². The zero-order valence-corrected chi connectivity index (χ0v) is 20.7. The van der Waals surface area contributed by atoms with Gasteiger partial charge < -0.3 is 45.2 Å². The molecule has 1 amide bonds. The third-order valence-corrected chi connectivity index (χ3v) is 7.21. The molecule has 2 aromatic carbocycles. The van der Waals surface area contributed by atoms with Gasteiger partial charge in [0, 0.05) is 11.8 Å². The summed E-state index contributed by atoms with van der Waals surface area (Å²) in [5.74, 6) is -0.512. The van der Waals surface area contributed by atoms with Crippen molar-refractivity contribution in [3.05, 3.63) is 41.0 Å². The summed E-state index contributed by atoms with van der Waals surface area (Å²) in [7, 11) is 2.90. The van der Waals surface area contributed by atoms with Crippen LogP contribution in [-0.4, -0.2) is 64.2 Å². The average Bonchev–Trinajstić information content (AvgIpc) is 3.52.